The maximum Gasteiger partial charge on any atom is 0.274 e. The monoisotopic (exact) mass is 393 g/mol. The van der Waals surface area contributed by atoms with E-state index < -0.39 is 0 Å². The Morgan fingerprint density at radius 2 is 2.08 bits per heavy atom. The predicted octanol–water partition coefficient (Wildman–Crippen LogP) is 2.09. The number of aryl methyl sites for hydroxylation is 1. The number of carbonyl (C=O) groups excluding carboxylic acids is 1. The minimum atomic E-state index is -0.124. The van der Waals surface area contributed by atoms with Crippen LogP contribution < -0.4 is 10.9 Å². The van der Waals surface area contributed by atoms with Crippen molar-refractivity contribution in [3.05, 3.63) is 38.9 Å². The number of aromatic nitrogens is 3. The number of amides is 1. The summed E-state index contributed by atoms with van der Waals surface area (Å²) in [5.41, 5.74) is 1.29. The molecule has 0 aliphatic carbocycles. The Labute approximate surface area is 148 Å². The van der Waals surface area contributed by atoms with E-state index >= 15 is 0 Å². The Bertz CT molecular complexity index is 839. The summed E-state index contributed by atoms with van der Waals surface area (Å²) in [4.78, 5) is 26.2. The van der Waals surface area contributed by atoms with Crippen LogP contribution in [0.2, 0.25) is 0 Å². The summed E-state index contributed by atoms with van der Waals surface area (Å²) in [5, 5.41) is 7.57. The fourth-order valence-corrected chi connectivity index (χ4v) is 3.31. The number of carbonyl (C=O) groups is 1. The normalized spacial score (nSPS) is 14.0. The fourth-order valence-electron chi connectivity index (χ4n) is 2.78. The molecule has 0 aromatic carbocycles. The zero-order valence-corrected chi connectivity index (χ0v) is 15.5. The van der Waals surface area contributed by atoms with Crippen LogP contribution in [0.3, 0.4) is 0 Å². The molecule has 0 atom stereocenters. The van der Waals surface area contributed by atoms with Crippen LogP contribution in [0.15, 0.2) is 27.6 Å². The summed E-state index contributed by atoms with van der Waals surface area (Å²) in [7, 11) is 1.70. The van der Waals surface area contributed by atoms with Crippen LogP contribution in [0.25, 0.3) is 0 Å². The molecule has 8 heteroatoms. The molecule has 1 aliphatic rings. The van der Waals surface area contributed by atoms with Crippen LogP contribution in [0.4, 0.5) is 11.5 Å². The maximum atomic E-state index is 12.2. The first kappa shape index (κ1) is 16.8. The van der Waals surface area contributed by atoms with Crippen molar-refractivity contribution in [1.82, 2.24) is 19.2 Å². The quantitative estimate of drug-likeness (QED) is 0.866. The van der Waals surface area contributed by atoms with Crippen LogP contribution in [0, 0.1) is 5.92 Å². The first-order valence-electron chi connectivity index (χ1n) is 7.84. The molecule has 0 radical (unpaired) electrons. The molecule has 128 valence electrons. The highest BCUT2D eigenvalue weighted by molar-refractivity contribution is 9.10. The van der Waals surface area contributed by atoms with Crippen LogP contribution in [0.5, 0.6) is 0 Å². The number of halogens is 1. The SMILES string of the molecule is CC(C)C(=O)N1CCn2nc(Nc3cc(Br)cn(C)c3=O)cc2C1. The number of nitrogens with zero attached hydrogens (tertiary/aromatic N) is 4. The molecule has 7 nitrogen and oxygen atoms in total. The summed E-state index contributed by atoms with van der Waals surface area (Å²) in [6.45, 7) is 5.67. The van der Waals surface area contributed by atoms with Gasteiger partial charge in [0.05, 0.1) is 18.8 Å². The summed E-state index contributed by atoms with van der Waals surface area (Å²) in [5.74, 6) is 0.749. The minimum absolute atomic E-state index is 0.0123. The van der Waals surface area contributed by atoms with Gasteiger partial charge in [-0.25, -0.2) is 0 Å². The lowest BCUT2D eigenvalue weighted by molar-refractivity contribution is -0.136. The van der Waals surface area contributed by atoms with Gasteiger partial charge in [0.25, 0.3) is 5.56 Å². The number of fused-ring (bicyclic) bond motifs is 1. The van der Waals surface area contributed by atoms with E-state index in [-0.39, 0.29) is 17.4 Å². The van der Waals surface area contributed by atoms with E-state index in [4.69, 9.17) is 0 Å². The first-order valence-corrected chi connectivity index (χ1v) is 8.63. The molecular weight excluding hydrogens is 374 g/mol. The predicted molar refractivity (Wildman–Crippen MR) is 95.1 cm³/mol. The molecular formula is C16H20BrN5O2. The first-order chi connectivity index (χ1) is 11.3. The Morgan fingerprint density at radius 3 is 2.79 bits per heavy atom. The van der Waals surface area contributed by atoms with Gasteiger partial charge in [-0.1, -0.05) is 13.8 Å². The third kappa shape index (κ3) is 3.24. The summed E-state index contributed by atoms with van der Waals surface area (Å²) >= 11 is 3.39. The van der Waals surface area contributed by atoms with E-state index in [1.807, 2.05) is 29.5 Å². The lowest BCUT2D eigenvalue weighted by Gasteiger charge is -2.28. The van der Waals surface area contributed by atoms with Gasteiger partial charge >= 0.3 is 0 Å². The molecule has 0 saturated heterocycles. The molecule has 1 aliphatic heterocycles. The van der Waals surface area contributed by atoms with E-state index in [2.05, 4.69) is 26.3 Å². The van der Waals surface area contributed by atoms with Gasteiger partial charge < -0.3 is 14.8 Å². The Balaban J connectivity index is 1.82. The number of pyridine rings is 1. The van der Waals surface area contributed by atoms with Crippen molar-refractivity contribution in [3.8, 4) is 0 Å². The maximum absolute atomic E-state index is 12.2. The van der Waals surface area contributed by atoms with Gasteiger partial charge in [0.1, 0.15) is 5.69 Å². The highest BCUT2D eigenvalue weighted by atomic mass is 79.9. The Morgan fingerprint density at radius 1 is 1.33 bits per heavy atom. The molecule has 1 amide bonds. The van der Waals surface area contributed by atoms with E-state index in [9.17, 15) is 9.59 Å². The van der Waals surface area contributed by atoms with Crippen LogP contribution in [-0.4, -0.2) is 31.7 Å². The molecule has 3 heterocycles. The van der Waals surface area contributed by atoms with Gasteiger partial charge in [-0.2, -0.15) is 5.10 Å². The summed E-state index contributed by atoms with van der Waals surface area (Å²) in [6.07, 6.45) is 1.71. The van der Waals surface area contributed by atoms with Crippen molar-refractivity contribution in [2.24, 2.45) is 13.0 Å². The second-order valence-electron chi connectivity index (χ2n) is 6.27. The van der Waals surface area contributed by atoms with Crippen molar-refractivity contribution >= 4 is 33.3 Å². The van der Waals surface area contributed by atoms with Gasteiger partial charge in [0.15, 0.2) is 5.82 Å². The molecule has 2 aromatic heterocycles. The highest BCUT2D eigenvalue weighted by Crippen LogP contribution is 2.21. The lowest BCUT2D eigenvalue weighted by atomic mass is 10.1. The van der Waals surface area contributed by atoms with Crippen molar-refractivity contribution in [2.75, 3.05) is 11.9 Å². The highest BCUT2D eigenvalue weighted by Gasteiger charge is 2.24. The lowest BCUT2D eigenvalue weighted by Crippen LogP contribution is -2.40. The largest absolute Gasteiger partial charge is 0.335 e. The zero-order valence-electron chi connectivity index (χ0n) is 13.9. The van der Waals surface area contributed by atoms with E-state index in [1.54, 1.807) is 19.3 Å². The van der Waals surface area contributed by atoms with Crippen LogP contribution in [-0.2, 0) is 24.9 Å². The second kappa shape index (κ2) is 6.43. The van der Waals surface area contributed by atoms with Gasteiger partial charge in [-0.05, 0) is 22.0 Å². The molecule has 24 heavy (non-hydrogen) atoms. The molecule has 0 saturated carbocycles. The smallest absolute Gasteiger partial charge is 0.274 e. The Kier molecular flexibility index (Phi) is 4.49. The number of rotatable bonds is 3. The van der Waals surface area contributed by atoms with E-state index in [0.29, 0.717) is 31.1 Å². The molecule has 2 aromatic rings. The minimum Gasteiger partial charge on any atom is -0.335 e. The van der Waals surface area contributed by atoms with E-state index in [1.165, 1.54) is 4.57 Å². The van der Waals surface area contributed by atoms with Gasteiger partial charge in [-0.15, -0.1) is 0 Å². The Hall–Kier alpha value is -2.09. The number of hydrogen-bond acceptors (Lipinski definition) is 4. The van der Waals surface area contributed by atoms with Crippen LogP contribution in [0.1, 0.15) is 19.5 Å². The third-order valence-electron chi connectivity index (χ3n) is 4.02. The van der Waals surface area contributed by atoms with Gasteiger partial charge in [0.2, 0.25) is 5.91 Å². The standard InChI is InChI=1S/C16H20BrN5O2/c1-10(2)15(23)21-4-5-22-12(9-21)7-14(19-22)18-13-6-11(17)8-20(3)16(13)24/h6-8,10H,4-5,9H2,1-3H3,(H,18,19). The fraction of sp³-hybridized carbons (Fsp3) is 0.438. The zero-order chi connectivity index (χ0) is 17.4. The number of nitrogens with one attached hydrogen (secondary N) is 1. The summed E-state index contributed by atoms with van der Waals surface area (Å²) in [6, 6.07) is 3.62. The van der Waals surface area contributed by atoms with E-state index in [0.717, 1.165) is 10.2 Å². The van der Waals surface area contributed by atoms with Crippen molar-refractivity contribution in [3.63, 3.8) is 0 Å². The van der Waals surface area contributed by atoms with Crippen molar-refractivity contribution in [2.45, 2.75) is 26.9 Å². The van der Waals surface area contributed by atoms with Crippen molar-refractivity contribution in [1.29, 1.82) is 0 Å². The molecule has 0 fully saturated rings. The molecule has 3 rings (SSSR count). The topological polar surface area (TPSA) is 72.2 Å². The summed E-state index contributed by atoms with van der Waals surface area (Å²) < 4.78 is 4.20. The molecule has 0 spiro atoms. The van der Waals surface area contributed by atoms with Gasteiger partial charge in [0, 0.05) is 36.2 Å². The average Bonchev–Trinajstić information content (AvgIpc) is 2.92. The number of hydrogen-bond donors (Lipinski definition) is 1. The molecule has 0 unspecified atom stereocenters. The van der Waals surface area contributed by atoms with Gasteiger partial charge in [-0.3, -0.25) is 14.3 Å². The van der Waals surface area contributed by atoms with Crippen molar-refractivity contribution < 1.29 is 4.79 Å². The third-order valence-corrected chi connectivity index (χ3v) is 4.45. The van der Waals surface area contributed by atoms with Crippen LogP contribution >= 0.6 is 15.9 Å². The second-order valence-corrected chi connectivity index (χ2v) is 7.19. The molecule has 1 N–H and O–H groups in total. The number of anilines is 2. The molecule has 0 bridgehead atoms. The average molecular weight is 394 g/mol.